The highest BCUT2D eigenvalue weighted by Crippen LogP contribution is 2.68. The van der Waals surface area contributed by atoms with Crippen LogP contribution in [0.5, 0.6) is 0 Å². The summed E-state index contributed by atoms with van der Waals surface area (Å²) in [5.74, 6) is 3.81. The van der Waals surface area contributed by atoms with E-state index in [2.05, 4.69) is 54.5 Å². The molecule has 3 saturated carbocycles. The van der Waals surface area contributed by atoms with Gasteiger partial charge < -0.3 is 14.4 Å². The summed E-state index contributed by atoms with van der Waals surface area (Å²) in [5, 5.41) is 0. The lowest BCUT2D eigenvalue weighted by Gasteiger charge is -2.58. The number of carbonyl (C=O) groups is 2. The molecular weight excluding hydrogens is 904 g/mol. The van der Waals surface area contributed by atoms with E-state index in [9.17, 15) is 19.0 Å². The predicted molar refractivity (Wildman–Crippen MR) is 295 cm³/mol. The number of phosphoric ester groups is 1. The molecule has 3 fully saturated rings. The summed E-state index contributed by atoms with van der Waals surface area (Å²) in [4.78, 5) is 37.1. The van der Waals surface area contributed by atoms with Crippen molar-refractivity contribution in [3.8, 4) is 0 Å². The van der Waals surface area contributed by atoms with Gasteiger partial charge >= 0.3 is 19.8 Å². The Kier molecular flexibility index (Phi) is 30.2. The molecule has 0 bridgehead atoms. The number of ether oxygens (including phenoxy) is 2. The second kappa shape index (κ2) is 34.5. The fourth-order valence-corrected chi connectivity index (χ4v) is 15.3. The molecule has 414 valence electrons. The molecule has 0 saturated heterocycles. The average molecular weight is 1020 g/mol. The van der Waals surface area contributed by atoms with Crippen LogP contribution in [0.2, 0.25) is 0 Å². The molecular formula is C62H113O8P. The Balaban J connectivity index is 1.21. The maximum Gasteiger partial charge on any atom is 0.472 e. The summed E-state index contributed by atoms with van der Waals surface area (Å²) < 4.78 is 36.6. The van der Waals surface area contributed by atoms with Crippen molar-refractivity contribution in [2.75, 3.05) is 13.2 Å². The van der Waals surface area contributed by atoms with Gasteiger partial charge in [0.05, 0.1) is 12.7 Å². The van der Waals surface area contributed by atoms with Crippen LogP contribution in [-0.2, 0) is 32.7 Å². The van der Waals surface area contributed by atoms with Crippen LogP contribution in [0.3, 0.4) is 0 Å². The summed E-state index contributed by atoms with van der Waals surface area (Å²) in [7, 11) is -4.51. The third-order valence-corrected chi connectivity index (χ3v) is 19.7. The Morgan fingerprint density at radius 2 is 1.15 bits per heavy atom. The predicted octanol–water partition coefficient (Wildman–Crippen LogP) is 18.9. The number of unbranched alkanes of at least 4 members (excludes halogenated alkanes) is 24. The van der Waals surface area contributed by atoms with Gasteiger partial charge in [0.1, 0.15) is 6.61 Å². The monoisotopic (exact) mass is 1020 g/mol. The molecule has 1 N–H and O–H groups in total. The summed E-state index contributed by atoms with van der Waals surface area (Å²) in [6.45, 7) is 16.3. The van der Waals surface area contributed by atoms with E-state index in [-0.39, 0.29) is 31.0 Å². The van der Waals surface area contributed by atoms with Crippen molar-refractivity contribution in [2.45, 2.75) is 311 Å². The topological polar surface area (TPSA) is 108 Å². The van der Waals surface area contributed by atoms with Crippen molar-refractivity contribution < 1.29 is 37.6 Å². The Bertz CT molecular complexity index is 1530. The molecule has 0 spiro atoms. The van der Waals surface area contributed by atoms with Crippen LogP contribution in [0.25, 0.3) is 0 Å². The number of hydrogen-bond donors (Lipinski definition) is 1. The van der Waals surface area contributed by atoms with Gasteiger partial charge in [-0.3, -0.25) is 18.6 Å². The number of carbonyl (C=O) groups excluding carboxylic acids is 2. The van der Waals surface area contributed by atoms with Crippen molar-refractivity contribution in [3.63, 3.8) is 0 Å². The van der Waals surface area contributed by atoms with Crippen molar-refractivity contribution in [1.82, 2.24) is 0 Å². The zero-order chi connectivity index (χ0) is 51.4. The SMILES string of the molecule is CCCCCCCCCCCCCCCC(=O)OCC(COP(=O)(O)OC1CCC2(C)C(=CCC3C2CCC2(C)C(C(C)CCCC(C)C)CCC32)C1)OC(=O)CCCCCCCCCCCCCCC. The molecule has 4 aliphatic rings. The summed E-state index contributed by atoms with van der Waals surface area (Å²) in [6, 6.07) is 0. The van der Waals surface area contributed by atoms with Gasteiger partial charge in [0.15, 0.2) is 6.10 Å². The van der Waals surface area contributed by atoms with Crippen LogP contribution in [0.1, 0.15) is 299 Å². The van der Waals surface area contributed by atoms with E-state index in [0.717, 1.165) is 75.0 Å². The first-order valence-corrected chi connectivity index (χ1v) is 32.4. The van der Waals surface area contributed by atoms with E-state index in [1.165, 1.54) is 179 Å². The van der Waals surface area contributed by atoms with Crippen LogP contribution in [-0.4, -0.2) is 42.3 Å². The second-order valence-electron chi connectivity index (χ2n) is 24.8. The Morgan fingerprint density at radius 1 is 0.634 bits per heavy atom. The first kappa shape index (κ1) is 62.3. The van der Waals surface area contributed by atoms with Crippen molar-refractivity contribution in [1.29, 1.82) is 0 Å². The molecule has 71 heavy (non-hydrogen) atoms. The molecule has 0 aromatic rings. The third-order valence-electron chi connectivity index (χ3n) is 18.7. The molecule has 10 atom stereocenters. The summed E-state index contributed by atoms with van der Waals surface area (Å²) >= 11 is 0. The van der Waals surface area contributed by atoms with Gasteiger partial charge in [-0.05, 0) is 111 Å². The van der Waals surface area contributed by atoms with E-state index in [0.29, 0.717) is 36.5 Å². The van der Waals surface area contributed by atoms with Gasteiger partial charge in [0.2, 0.25) is 0 Å². The number of esters is 2. The lowest BCUT2D eigenvalue weighted by molar-refractivity contribution is -0.161. The van der Waals surface area contributed by atoms with Gasteiger partial charge in [-0.1, -0.05) is 233 Å². The smallest absolute Gasteiger partial charge is 0.462 e. The Labute approximate surface area is 437 Å². The standard InChI is InChI=1S/C62H113O8P/c1-8-10-12-14-16-18-20-22-24-26-28-30-32-37-59(63)67-48-54(69-60(64)38-33-31-29-27-25-23-21-19-17-15-13-11-9-2)49-68-71(65,66)70-53-43-45-61(6)52(47-53)39-40-55-57-42-41-56(51(5)36-34-35-50(3)4)62(57,7)46-44-58(55)61/h39,50-51,53-58H,8-38,40-49H2,1-7H3,(H,65,66). The molecule has 4 rings (SSSR count). The minimum Gasteiger partial charge on any atom is -0.462 e. The minimum atomic E-state index is -4.51. The lowest BCUT2D eigenvalue weighted by atomic mass is 9.47. The second-order valence-corrected chi connectivity index (χ2v) is 26.2. The fourth-order valence-electron chi connectivity index (χ4n) is 14.3. The molecule has 0 heterocycles. The molecule has 4 aliphatic carbocycles. The molecule has 10 unspecified atom stereocenters. The van der Waals surface area contributed by atoms with Gasteiger partial charge in [0, 0.05) is 12.8 Å². The van der Waals surface area contributed by atoms with E-state index in [4.69, 9.17) is 18.5 Å². The quantitative estimate of drug-likeness (QED) is 0.0279. The maximum absolute atomic E-state index is 13.6. The van der Waals surface area contributed by atoms with E-state index in [1.807, 2.05) is 0 Å². The average Bonchev–Trinajstić information content (AvgIpc) is 3.70. The molecule has 8 nitrogen and oxygen atoms in total. The van der Waals surface area contributed by atoms with Crippen molar-refractivity contribution >= 4 is 19.8 Å². The maximum atomic E-state index is 13.6. The van der Waals surface area contributed by atoms with Crippen LogP contribution in [0.4, 0.5) is 0 Å². The van der Waals surface area contributed by atoms with E-state index < -0.39 is 26.0 Å². The first-order chi connectivity index (χ1) is 34.2. The van der Waals surface area contributed by atoms with Gasteiger partial charge in [-0.25, -0.2) is 4.57 Å². The minimum absolute atomic E-state index is 0.0920. The van der Waals surface area contributed by atoms with Crippen molar-refractivity contribution in [2.24, 2.45) is 46.3 Å². The lowest BCUT2D eigenvalue weighted by Crippen LogP contribution is -2.51. The highest BCUT2D eigenvalue weighted by atomic mass is 31.2. The van der Waals surface area contributed by atoms with E-state index >= 15 is 0 Å². The summed E-state index contributed by atoms with van der Waals surface area (Å²) in [6.07, 6.45) is 46.3. The molecule has 0 aromatic carbocycles. The Hall–Kier alpha value is -1.21. The third kappa shape index (κ3) is 22.5. The normalized spacial score (nSPS) is 26.8. The van der Waals surface area contributed by atoms with Gasteiger partial charge in [-0.15, -0.1) is 0 Å². The zero-order valence-corrected chi connectivity index (χ0v) is 48.3. The zero-order valence-electron chi connectivity index (χ0n) is 47.4. The van der Waals surface area contributed by atoms with Crippen molar-refractivity contribution in [3.05, 3.63) is 11.6 Å². The molecule has 0 aromatic heterocycles. The first-order valence-electron chi connectivity index (χ1n) is 30.9. The Morgan fingerprint density at radius 3 is 1.69 bits per heavy atom. The van der Waals surface area contributed by atoms with Gasteiger partial charge in [-0.2, -0.15) is 0 Å². The highest BCUT2D eigenvalue weighted by molar-refractivity contribution is 7.47. The molecule has 0 radical (unpaired) electrons. The van der Waals surface area contributed by atoms with Crippen LogP contribution >= 0.6 is 7.82 Å². The number of rotatable bonds is 41. The van der Waals surface area contributed by atoms with Crippen LogP contribution in [0, 0.1) is 46.3 Å². The number of fused-ring (bicyclic) bond motifs is 5. The molecule has 9 heteroatoms. The number of phosphoric acid groups is 1. The van der Waals surface area contributed by atoms with E-state index in [1.54, 1.807) is 0 Å². The fraction of sp³-hybridized carbons (Fsp3) is 0.935. The molecule has 0 amide bonds. The highest BCUT2D eigenvalue weighted by Gasteiger charge is 2.59. The number of hydrogen-bond acceptors (Lipinski definition) is 7. The molecule has 0 aliphatic heterocycles. The van der Waals surface area contributed by atoms with Crippen LogP contribution in [0.15, 0.2) is 11.6 Å². The van der Waals surface area contributed by atoms with Crippen LogP contribution < -0.4 is 0 Å². The van der Waals surface area contributed by atoms with Gasteiger partial charge in [0.25, 0.3) is 0 Å². The number of allylic oxidation sites excluding steroid dienone is 1. The largest absolute Gasteiger partial charge is 0.472 e. The summed E-state index contributed by atoms with van der Waals surface area (Å²) in [5.41, 5.74) is 1.92.